The van der Waals surface area contributed by atoms with E-state index in [0.717, 1.165) is 94.2 Å². The molecule has 2 rings (SSSR count). The van der Waals surface area contributed by atoms with Crippen molar-refractivity contribution in [3.63, 3.8) is 0 Å². The molecule has 9 N–H and O–H groups in total. The van der Waals surface area contributed by atoms with Crippen LogP contribution >= 0.6 is 0 Å². The molecule has 0 aliphatic carbocycles. The lowest BCUT2D eigenvalue weighted by atomic mass is 9.86. The highest BCUT2D eigenvalue weighted by Crippen LogP contribution is 2.26. The standard InChI is InChI=1S/C17H30N2O.C17H26N2O.C2H6O.C2H6/c2*1-3-9-17(20,10-4-2)11-8-15-6-5-7-16(14-15)19-13-12-18;1-2-3;1-2/h5-7,14,19-20H,3-4,8-13,18H2,1-2H3;5-7,14,19-20H,3-4,9-10,12-13,18H2,1-2H3;3H,2H2,1H3;1-2H3. The number of hydrogen-bond donors (Lipinski definition) is 7. The molecule has 0 aliphatic rings. The third kappa shape index (κ3) is 22.5. The van der Waals surface area contributed by atoms with Crippen molar-refractivity contribution < 1.29 is 15.3 Å². The number of nitrogens with one attached hydrogen (secondary N) is 2. The summed E-state index contributed by atoms with van der Waals surface area (Å²) in [6, 6.07) is 16.3. The van der Waals surface area contributed by atoms with E-state index in [9.17, 15) is 10.2 Å². The van der Waals surface area contributed by atoms with E-state index < -0.39 is 11.2 Å². The van der Waals surface area contributed by atoms with Gasteiger partial charge in [-0.15, -0.1) is 0 Å². The molecule has 0 atom stereocenters. The van der Waals surface area contributed by atoms with Gasteiger partial charge in [0.1, 0.15) is 5.60 Å². The molecule has 258 valence electrons. The quantitative estimate of drug-likeness (QED) is 0.0930. The van der Waals surface area contributed by atoms with Crippen molar-refractivity contribution in [1.29, 1.82) is 0 Å². The van der Waals surface area contributed by atoms with E-state index >= 15 is 0 Å². The zero-order valence-corrected chi connectivity index (χ0v) is 29.7. The van der Waals surface area contributed by atoms with Crippen molar-refractivity contribution in [1.82, 2.24) is 0 Å². The Balaban J connectivity index is 0. The Morgan fingerprint density at radius 1 is 0.689 bits per heavy atom. The summed E-state index contributed by atoms with van der Waals surface area (Å²) in [6.45, 7) is 17.1. The molecule has 0 spiro atoms. The first-order chi connectivity index (χ1) is 21.7. The van der Waals surface area contributed by atoms with E-state index in [-0.39, 0.29) is 6.61 Å². The molecule has 0 amide bonds. The van der Waals surface area contributed by atoms with Gasteiger partial charge in [0.2, 0.25) is 0 Å². The maximum absolute atomic E-state index is 10.7. The highest BCUT2D eigenvalue weighted by molar-refractivity contribution is 5.51. The zero-order valence-electron chi connectivity index (χ0n) is 29.7. The first-order valence-corrected chi connectivity index (χ1v) is 17.3. The molecule has 0 bridgehead atoms. The third-order valence-electron chi connectivity index (χ3n) is 6.81. The summed E-state index contributed by atoms with van der Waals surface area (Å²) in [5.41, 5.74) is 13.9. The monoisotopic (exact) mass is 629 g/mol. The van der Waals surface area contributed by atoms with E-state index in [2.05, 4.69) is 74.4 Å². The van der Waals surface area contributed by atoms with Crippen molar-refractivity contribution in [3.8, 4) is 11.8 Å². The van der Waals surface area contributed by atoms with Gasteiger partial charge in [0, 0.05) is 49.7 Å². The van der Waals surface area contributed by atoms with Gasteiger partial charge in [-0.3, -0.25) is 0 Å². The second kappa shape index (κ2) is 28.8. The van der Waals surface area contributed by atoms with Crippen molar-refractivity contribution in [3.05, 3.63) is 59.7 Å². The van der Waals surface area contributed by atoms with Crippen LogP contribution < -0.4 is 22.1 Å². The molecule has 0 saturated carbocycles. The van der Waals surface area contributed by atoms with Crippen LogP contribution in [0.1, 0.15) is 117 Å². The van der Waals surface area contributed by atoms with Crippen LogP contribution in [0.2, 0.25) is 0 Å². The van der Waals surface area contributed by atoms with Crippen molar-refractivity contribution in [2.45, 2.75) is 124 Å². The van der Waals surface area contributed by atoms with E-state index in [1.165, 1.54) is 5.56 Å². The van der Waals surface area contributed by atoms with Gasteiger partial charge in [-0.2, -0.15) is 0 Å². The van der Waals surface area contributed by atoms with Crippen LogP contribution in [0.25, 0.3) is 0 Å². The number of hydrogen-bond acceptors (Lipinski definition) is 7. The van der Waals surface area contributed by atoms with Gasteiger partial charge in [-0.1, -0.05) is 97.3 Å². The Morgan fingerprint density at radius 2 is 1.16 bits per heavy atom. The van der Waals surface area contributed by atoms with Gasteiger partial charge >= 0.3 is 0 Å². The van der Waals surface area contributed by atoms with Crippen LogP contribution in [0, 0.1) is 11.8 Å². The molecule has 0 saturated heterocycles. The number of nitrogens with two attached hydrogens (primary N) is 2. The Labute approximate surface area is 276 Å². The van der Waals surface area contributed by atoms with Crippen molar-refractivity contribution >= 4 is 11.4 Å². The molecule has 0 fully saturated rings. The molecule has 0 radical (unpaired) electrons. The zero-order chi connectivity index (χ0) is 34.4. The van der Waals surface area contributed by atoms with Crippen LogP contribution in [0.3, 0.4) is 0 Å². The molecule has 45 heavy (non-hydrogen) atoms. The molecule has 7 heteroatoms. The fourth-order valence-corrected chi connectivity index (χ4v) is 4.93. The van der Waals surface area contributed by atoms with E-state index in [0.29, 0.717) is 13.1 Å². The van der Waals surface area contributed by atoms with Crippen LogP contribution in [-0.4, -0.2) is 59.3 Å². The van der Waals surface area contributed by atoms with Gasteiger partial charge in [0.15, 0.2) is 0 Å². The van der Waals surface area contributed by atoms with Gasteiger partial charge in [-0.05, 0) is 81.3 Å². The predicted molar refractivity (Wildman–Crippen MR) is 197 cm³/mol. The number of benzene rings is 2. The summed E-state index contributed by atoms with van der Waals surface area (Å²) in [6.07, 6.45) is 8.94. The highest BCUT2D eigenvalue weighted by atomic mass is 16.3. The second-order valence-electron chi connectivity index (χ2n) is 11.0. The number of aliphatic hydroxyl groups excluding tert-OH is 1. The van der Waals surface area contributed by atoms with Crippen LogP contribution in [0.15, 0.2) is 48.5 Å². The molecule has 2 aromatic carbocycles. The van der Waals surface area contributed by atoms with E-state index in [4.69, 9.17) is 16.6 Å². The summed E-state index contributed by atoms with van der Waals surface area (Å²) in [5, 5.41) is 35.2. The number of aryl methyl sites for hydroxylation is 1. The maximum Gasteiger partial charge on any atom is 0.125 e. The number of rotatable bonds is 17. The van der Waals surface area contributed by atoms with E-state index in [1.54, 1.807) is 6.92 Å². The van der Waals surface area contributed by atoms with Gasteiger partial charge in [0.25, 0.3) is 0 Å². The summed E-state index contributed by atoms with van der Waals surface area (Å²) < 4.78 is 0. The average Bonchev–Trinajstić information content (AvgIpc) is 3.03. The first-order valence-electron chi connectivity index (χ1n) is 17.3. The van der Waals surface area contributed by atoms with Crippen molar-refractivity contribution in [2.24, 2.45) is 11.5 Å². The van der Waals surface area contributed by atoms with E-state index in [1.807, 2.05) is 38.1 Å². The highest BCUT2D eigenvalue weighted by Gasteiger charge is 2.24. The number of anilines is 2. The molecule has 0 unspecified atom stereocenters. The fraction of sp³-hybridized carbons (Fsp3) is 0.632. The van der Waals surface area contributed by atoms with Crippen LogP contribution in [-0.2, 0) is 6.42 Å². The average molecular weight is 629 g/mol. The minimum atomic E-state index is -0.857. The summed E-state index contributed by atoms with van der Waals surface area (Å²) in [5.74, 6) is 6.15. The molecule has 2 aromatic rings. The summed E-state index contributed by atoms with van der Waals surface area (Å²) in [7, 11) is 0. The Kier molecular flexibility index (Phi) is 28.5. The topological polar surface area (TPSA) is 137 Å². The predicted octanol–water partition coefficient (Wildman–Crippen LogP) is 7.09. The van der Waals surface area contributed by atoms with Gasteiger partial charge in [-0.25, -0.2) is 0 Å². The Bertz CT molecular complexity index is 1010. The normalized spacial score (nSPS) is 10.5. The Hall–Kier alpha value is -2.60. The second-order valence-corrected chi connectivity index (χ2v) is 11.0. The van der Waals surface area contributed by atoms with Crippen LogP contribution in [0.5, 0.6) is 0 Å². The lowest BCUT2D eigenvalue weighted by molar-refractivity contribution is 0.0132. The molecular formula is C38H68N4O3. The molecular weight excluding hydrogens is 560 g/mol. The largest absolute Gasteiger partial charge is 0.397 e. The summed E-state index contributed by atoms with van der Waals surface area (Å²) in [4.78, 5) is 0. The SMILES string of the molecule is CC.CCCC(O)(C#Cc1cccc(NCCN)c1)CCC.CCCC(O)(CCC)CCc1cccc(NCCN)c1.CCO. The molecule has 0 aliphatic heterocycles. The minimum Gasteiger partial charge on any atom is -0.397 e. The first kappa shape index (κ1) is 44.5. The Morgan fingerprint density at radius 3 is 1.62 bits per heavy atom. The van der Waals surface area contributed by atoms with Crippen LogP contribution in [0.4, 0.5) is 11.4 Å². The molecule has 0 aromatic heterocycles. The fourth-order valence-electron chi connectivity index (χ4n) is 4.93. The lowest BCUT2D eigenvalue weighted by Crippen LogP contribution is -2.28. The molecule has 7 nitrogen and oxygen atoms in total. The lowest BCUT2D eigenvalue weighted by Gasteiger charge is -2.27. The maximum atomic E-state index is 10.7. The summed E-state index contributed by atoms with van der Waals surface area (Å²) >= 11 is 0. The van der Waals surface area contributed by atoms with Gasteiger partial charge in [0.05, 0.1) is 5.60 Å². The van der Waals surface area contributed by atoms with Gasteiger partial charge < -0.3 is 37.4 Å². The molecule has 0 heterocycles. The number of aliphatic hydroxyl groups is 3. The minimum absolute atomic E-state index is 0.250. The van der Waals surface area contributed by atoms with Crippen molar-refractivity contribution in [2.75, 3.05) is 43.4 Å². The smallest absolute Gasteiger partial charge is 0.125 e. The third-order valence-corrected chi connectivity index (χ3v) is 6.81.